The second-order valence-electron chi connectivity index (χ2n) is 4.03. The van der Waals surface area contributed by atoms with Gasteiger partial charge in [0, 0.05) is 18.8 Å². The maximum absolute atomic E-state index is 4.09. The second kappa shape index (κ2) is 5.11. The third kappa shape index (κ3) is 3.25. The van der Waals surface area contributed by atoms with Crippen molar-refractivity contribution in [3.8, 4) is 0 Å². The SMILES string of the molecule is C=C(C)C(CC)N(C)C(=C)C(C)C. The minimum Gasteiger partial charge on any atom is -0.371 e. The van der Waals surface area contributed by atoms with E-state index in [1.54, 1.807) is 0 Å². The Morgan fingerprint density at radius 3 is 2.00 bits per heavy atom. The molecule has 0 rings (SSSR count). The van der Waals surface area contributed by atoms with E-state index in [-0.39, 0.29) is 0 Å². The Bertz CT molecular complexity index is 191. The van der Waals surface area contributed by atoms with Crippen LogP contribution < -0.4 is 0 Å². The average molecular weight is 181 g/mol. The van der Waals surface area contributed by atoms with Gasteiger partial charge in [0.25, 0.3) is 0 Å². The maximum Gasteiger partial charge on any atom is 0.0488 e. The number of hydrogen-bond acceptors (Lipinski definition) is 1. The molecule has 0 radical (unpaired) electrons. The molecule has 0 saturated heterocycles. The summed E-state index contributed by atoms with van der Waals surface area (Å²) in [6.45, 7) is 16.7. The molecule has 0 amide bonds. The molecule has 0 fully saturated rings. The Hall–Kier alpha value is -0.720. The molecule has 0 saturated carbocycles. The third-order valence-electron chi connectivity index (χ3n) is 2.54. The van der Waals surface area contributed by atoms with Gasteiger partial charge in [0.05, 0.1) is 0 Å². The minimum atomic E-state index is 0.440. The van der Waals surface area contributed by atoms with Gasteiger partial charge < -0.3 is 4.90 Å². The van der Waals surface area contributed by atoms with Crippen LogP contribution in [0.5, 0.6) is 0 Å². The summed E-state index contributed by atoms with van der Waals surface area (Å²) in [6.07, 6.45) is 1.09. The number of allylic oxidation sites excluding steroid dienone is 1. The highest BCUT2D eigenvalue weighted by molar-refractivity contribution is 5.08. The van der Waals surface area contributed by atoms with E-state index in [0.717, 1.165) is 6.42 Å². The molecule has 0 spiro atoms. The van der Waals surface area contributed by atoms with Crippen LogP contribution in [-0.4, -0.2) is 18.0 Å². The van der Waals surface area contributed by atoms with E-state index in [4.69, 9.17) is 0 Å². The summed E-state index contributed by atoms with van der Waals surface area (Å²) >= 11 is 0. The summed E-state index contributed by atoms with van der Waals surface area (Å²) in [4.78, 5) is 2.24. The first-order chi connectivity index (χ1) is 5.91. The standard InChI is InChI=1S/C12H23N/c1-8-12(10(4)5)13(7)11(6)9(2)3/h9,12H,4,6,8H2,1-3,5,7H3. The molecular formula is C12H23N. The normalized spacial score (nSPS) is 12.8. The Morgan fingerprint density at radius 1 is 1.31 bits per heavy atom. The van der Waals surface area contributed by atoms with E-state index < -0.39 is 0 Å². The number of likely N-dealkylation sites (N-methyl/N-ethyl adjacent to an activating group) is 1. The van der Waals surface area contributed by atoms with Crippen LogP contribution in [0.25, 0.3) is 0 Å². The summed E-state index contributed by atoms with van der Waals surface area (Å²) in [7, 11) is 2.10. The Morgan fingerprint density at radius 2 is 1.77 bits per heavy atom. The first kappa shape index (κ1) is 12.3. The fourth-order valence-electron chi connectivity index (χ4n) is 1.56. The van der Waals surface area contributed by atoms with Gasteiger partial charge >= 0.3 is 0 Å². The third-order valence-corrected chi connectivity index (χ3v) is 2.54. The largest absolute Gasteiger partial charge is 0.371 e. The van der Waals surface area contributed by atoms with Crippen LogP contribution in [-0.2, 0) is 0 Å². The molecule has 1 atom stereocenters. The zero-order chi connectivity index (χ0) is 10.6. The first-order valence-electron chi connectivity index (χ1n) is 4.98. The molecule has 0 bridgehead atoms. The van der Waals surface area contributed by atoms with Crippen molar-refractivity contribution in [2.45, 2.75) is 40.2 Å². The van der Waals surface area contributed by atoms with E-state index in [0.29, 0.717) is 12.0 Å². The number of nitrogens with zero attached hydrogens (tertiary/aromatic N) is 1. The van der Waals surface area contributed by atoms with E-state index in [2.05, 4.69) is 52.8 Å². The van der Waals surface area contributed by atoms with Crippen molar-refractivity contribution >= 4 is 0 Å². The Labute approximate surface area is 83.1 Å². The van der Waals surface area contributed by atoms with Gasteiger partial charge in [0.2, 0.25) is 0 Å². The van der Waals surface area contributed by atoms with E-state index in [9.17, 15) is 0 Å². The van der Waals surface area contributed by atoms with Crippen LogP contribution in [0.4, 0.5) is 0 Å². The van der Waals surface area contributed by atoms with Gasteiger partial charge in [-0.25, -0.2) is 0 Å². The highest BCUT2D eigenvalue weighted by Crippen LogP contribution is 2.19. The topological polar surface area (TPSA) is 3.24 Å². The molecule has 0 aromatic carbocycles. The molecule has 0 aromatic rings. The Kier molecular flexibility index (Phi) is 4.82. The van der Waals surface area contributed by atoms with Gasteiger partial charge in [-0.1, -0.05) is 39.5 Å². The molecule has 13 heavy (non-hydrogen) atoms. The molecule has 0 aromatic heterocycles. The quantitative estimate of drug-likeness (QED) is 0.587. The van der Waals surface area contributed by atoms with Crippen LogP contribution in [0.2, 0.25) is 0 Å². The van der Waals surface area contributed by atoms with Crippen molar-refractivity contribution in [1.82, 2.24) is 4.90 Å². The van der Waals surface area contributed by atoms with Crippen molar-refractivity contribution < 1.29 is 0 Å². The molecule has 0 aliphatic heterocycles. The molecule has 0 aliphatic carbocycles. The van der Waals surface area contributed by atoms with Crippen molar-refractivity contribution in [2.75, 3.05) is 7.05 Å². The van der Waals surface area contributed by atoms with Gasteiger partial charge in [-0.15, -0.1) is 0 Å². The number of rotatable bonds is 5. The Balaban J connectivity index is 4.46. The van der Waals surface area contributed by atoms with Crippen LogP contribution in [0.1, 0.15) is 34.1 Å². The highest BCUT2D eigenvalue weighted by Gasteiger charge is 2.16. The lowest BCUT2D eigenvalue weighted by Crippen LogP contribution is -2.32. The second-order valence-corrected chi connectivity index (χ2v) is 4.03. The molecule has 76 valence electrons. The lowest BCUT2D eigenvalue weighted by molar-refractivity contribution is 0.304. The fourth-order valence-corrected chi connectivity index (χ4v) is 1.56. The van der Waals surface area contributed by atoms with Crippen LogP contribution >= 0.6 is 0 Å². The predicted molar refractivity (Wildman–Crippen MR) is 60.6 cm³/mol. The zero-order valence-corrected chi connectivity index (χ0v) is 9.72. The van der Waals surface area contributed by atoms with Crippen LogP contribution in [0, 0.1) is 5.92 Å². The summed E-state index contributed by atoms with van der Waals surface area (Å²) in [5, 5.41) is 0. The summed E-state index contributed by atoms with van der Waals surface area (Å²) in [5.41, 5.74) is 2.40. The molecule has 1 unspecified atom stereocenters. The summed E-state index contributed by atoms with van der Waals surface area (Å²) in [5.74, 6) is 0.512. The first-order valence-corrected chi connectivity index (χ1v) is 4.98. The van der Waals surface area contributed by atoms with Gasteiger partial charge in [-0.05, 0) is 19.3 Å². The minimum absolute atomic E-state index is 0.440. The summed E-state index contributed by atoms with van der Waals surface area (Å²) < 4.78 is 0. The van der Waals surface area contributed by atoms with Crippen LogP contribution in [0.15, 0.2) is 24.4 Å². The van der Waals surface area contributed by atoms with Gasteiger partial charge in [0.1, 0.15) is 0 Å². The van der Waals surface area contributed by atoms with Crippen LogP contribution in [0.3, 0.4) is 0 Å². The fraction of sp³-hybridized carbons (Fsp3) is 0.667. The smallest absolute Gasteiger partial charge is 0.0488 e. The van der Waals surface area contributed by atoms with Crippen molar-refractivity contribution in [3.63, 3.8) is 0 Å². The molecular weight excluding hydrogens is 158 g/mol. The van der Waals surface area contributed by atoms with E-state index >= 15 is 0 Å². The van der Waals surface area contributed by atoms with Crippen molar-refractivity contribution in [1.29, 1.82) is 0 Å². The van der Waals surface area contributed by atoms with Crippen molar-refractivity contribution in [2.24, 2.45) is 5.92 Å². The number of hydrogen-bond donors (Lipinski definition) is 0. The molecule has 0 aliphatic rings. The lowest BCUT2D eigenvalue weighted by Gasteiger charge is -2.33. The highest BCUT2D eigenvalue weighted by atomic mass is 15.1. The van der Waals surface area contributed by atoms with Gasteiger partial charge in [0.15, 0.2) is 0 Å². The van der Waals surface area contributed by atoms with E-state index in [1.165, 1.54) is 11.3 Å². The summed E-state index contributed by atoms with van der Waals surface area (Å²) in [6, 6.07) is 0.440. The lowest BCUT2D eigenvalue weighted by atomic mass is 10.0. The molecule has 0 heterocycles. The zero-order valence-electron chi connectivity index (χ0n) is 9.72. The van der Waals surface area contributed by atoms with Gasteiger partial charge in [-0.2, -0.15) is 0 Å². The molecule has 1 heteroatoms. The monoisotopic (exact) mass is 181 g/mol. The molecule has 1 nitrogen and oxygen atoms in total. The molecule has 0 N–H and O–H groups in total. The maximum atomic E-state index is 4.09. The average Bonchev–Trinajstić information content (AvgIpc) is 2.03. The predicted octanol–water partition coefficient (Wildman–Crippen LogP) is 3.44. The van der Waals surface area contributed by atoms with Gasteiger partial charge in [-0.3, -0.25) is 0 Å². The van der Waals surface area contributed by atoms with E-state index in [1.807, 2.05) is 0 Å². The van der Waals surface area contributed by atoms with Crippen molar-refractivity contribution in [3.05, 3.63) is 24.4 Å².